The van der Waals surface area contributed by atoms with E-state index in [1.165, 1.54) is 15.8 Å². The molecule has 1 aliphatic carbocycles. The molecule has 3 aromatic rings. The molecule has 5 amide bonds. The number of fused-ring (bicyclic) bond motifs is 17. The summed E-state index contributed by atoms with van der Waals surface area (Å²) >= 11 is 6.27. The third-order valence-electron chi connectivity index (χ3n) is 9.34. The van der Waals surface area contributed by atoms with Gasteiger partial charge in [-0.25, -0.2) is 0 Å². The van der Waals surface area contributed by atoms with Gasteiger partial charge in [0.15, 0.2) is 5.69 Å². The molecule has 0 unspecified atom stereocenters. The van der Waals surface area contributed by atoms with Gasteiger partial charge in [-0.1, -0.05) is 49.7 Å². The van der Waals surface area contributed by atoms with Gasteiger partial charge in [0.1, 0.15) is 36.2 Å². The molecule has 2 aromatic carbocycles. The number of methoxy groups -OCH3 is 1. The second-order valence-electron chi connectivity index (χ2n) is 14.6. The summed E-state index contributed by atoms with van der Waals surface area (Å²) in [5.74, 6) is -0.932. The second kappa shape index (κ2) is 18.3. The van der Waals surface area contributed by atoms with Crippen LogP contribution in [0, 0.1) is 11.8 Å². The SMILES string of the molecule is COc1ccc(C[C@@H]2NC(=O)[C@@H](NC(=O)c3nn(C)cc3Cl)Cc3ccc(cc3)OC[C@H](CC(C)C)NC(=O)CN(CC3CC3)C(=O)[C@@H](C)NC2=O)cc1. The minimum Gasteiger partial charge on any atom is -0.497 e. The van der Waals surface area contributed by atoms with Crippen LogP contribution >= 0.6 is 11.6 Å². The van der Waals surface area contributed by atoms with E-state index in [-0.39, 0.29) is 60.5 Å². The summed E-state index contributed by atoms with van der Waals surface area (Å²) in [5, 5.41) is 15.7. The van der Waals surface area contributed by atoms with Crippen molar-refractivity contribution in [1.82, 2.24) is 35.9 Å². The zero-order chi connectivity index (χ0) is 38.9. The maximum absolute atomic E-state index is 14.2. The molecular formula is C39H50ClN7O7. The number of nitrogens with one attached hydrogen (secondary N) is 4. The van der Waals surface area contributed by atoms with E-state index in [1.807, 2.05) is 0 Å². The number of carbonyl (C=O) groups excluding carboxylic acids is 5. The zero-order valence-corrected chi connectivity index (χ0v) is 32.2. The van der Waals surface area contributed by atoms with E-state index in [9.17, 15) is 24.0 Å². The Kier molecular flexibility index (Phi) is 13.6. The molecule has 2 aliphatic heterocycles. The summed E-state index contributed by atoms with van der Waals surface area (Å²) in [6, 6.07) is 10.5. The highest BCUT2D eigenvalue weighted by molar-refractivity contribution is 6.33. The van der Waals surface area contributed by atoms with Crippen molar-refractivity contribution in [2.75, 3.05) is 26.8 Å². The molecule has 4 atom stereocenters. The van der Waals surface area contributed by atoms with Gasteiger partial charge in [0, 0.05) is 32.6 Å². The number of ether oxygens (including phenoxy) is 2. The number of aryl methyl sites for hydroxylation is 1. The van der Waals surface area contributed by atoms with Crippen molar-refractivity contribution in [2.24, 2.45) is 18.9 Å². The van der Waals surface area contributed by atoms with Gasteiger partial charge < -0.3 is 35.6 Å². The standard InChI is InChI=1S/C39H50ClN7O7/c1-23(2)16-28-22-54-30-14-10-26(11-15-30)18-33(44-38(51)35-31(40)20-46(4)45-35)37(50)43-32(17-25-8-12-29(53-5)13-9-25)36(49)41-24(3)39(52)47(19-27-6-7-27)21-34(48)42-28/h8-15,20,23-24,27-28,32-33H,6-7,16-19,21-22H2,1-5H3,(H,41,49)(H,42,48)(H,43,50)(H,44,51)/t24-,28+,32+,33+/m1/s1. The molecule has 54 heavy (non-hydrogen) atoms. The fourth-order valence-electron chi connectivity index (χ4n) is 6.36. The quantitative estimate of drug-likeness (QED) is 0.241. The van der Waals surface area contributed by atoms with Crippen molar-refractivity contribution in [3.05, 3.63) is 76.6 Å². The Morgan fingerprint density at radius 3 is 2.33 bits per heavy atom. The van der Waals surface area contributed by atoms with Crippen LogP contribution in [0.3, 0.4) is 0 Å². The summed E-state index contributed by atoms with van der Waals surface area (Å²) in [5.41, 5.74) is 1.35. The number of carbonyl (C=O) groups is 5. The third kappa shape index (κ3) is 11.4. The van der Waals surface area contributed by atoms with E-state index in [1.54, 1.807) is 69.6 Å². The molecule has 15 heteroatoms. The van der Waals surface area contributed by atoms with Crippen molar-refractivity contribution in [3.8, 4) is 11.5 Å². The fraction of sp³-hybridized carbons (Fsp3) is 0.487. The Labute approximate surface area is 320 Å². The first kappa shape index (κ1) is 40.1. The van der Waals surface area contributed by atoms with Gasteiger partial charge in [-0.05, 0) is 73.4 Å². The van der Waals surface area contributed by atoms with Gasteiger partial charge in [0.2, 0.25) is 23.6 Å². The molecule has 6 rings (SSSR count). The van der Waals surface area contributed by atoms with Crippen LogP contribution in [0.5, 0.6) is 11.5 Å². The van der Waals surface area contributed by atoms with Crippen molar-refractivity contribution < 1.29 is 33.4 Å². The lowest BCUT2D eigenvalue weighted by atomic mass is 10.0. The maximum atomic E-state index is 14.2. The largest absolute Gasteiger partial charge is 0.497 e. The van der Waals surface area contributed by atoms with E-state index < -0.39 is 41.8 Å². The summed E-state index contributed by atoms with van der Waals surface area (Å²) in [6.07, 6.45) is 4.15. The first-order valence-electron chi connectivity index (χ1n) is 18.3. The van der Waals surface area contributed by atoms with Gasteiger partial charge >= 0.3 is 0 Å². The molecule has 0 spiro atoms. The molecule has 3 aliphatic rings. The Morgan fingerprint density at radius 2 is 1.72 bits per heavy atom. The van der Waals surface area contributed by atoms with Crippen LogP contribution in [0.25, 0.3) is 0 Å². The van der Waals surface area contributed by atoms with Crippen molar-refractivity contribution in [1.29, 1.82) is 0 Å². The van der Waals surface area contributed by atoms with Crippen LogP contribution in [-0.4, -0.2) is 95.2 Å². The Balaban J connectivity index is 1.48. The molecule has 14 nitrogen and oxygen atoms in total. The first-order valence-corrected chi connectivity index (χ1v) is 18.7. The number of nitrogens with zero attached hydrogens (tertiary/aromatic N) is 3. The lowest BCUT2D eigenvalue weighted by molar-refractivity contribution is -0.140. The van der Waals surface area contributed by atoms with Crippen LogP contribution in [0.1, 0.15) is 61.6 Å². The summed E-state index contributed by atoms with van der Waals surface area (Å²) in [7, 11) is 3.17. The number of amides is 5. The van der Waals surface area contributed by atoms with Crippen LogP contribution in [0.15, 0.2) is 54.7 Å². The highest BCUT2D eigenvalue weighted by atomic mass is 35.5. The summed E-state index contributed by atoms with van der Waals surface area (Å²) in [4.78, 5) is 70.4. The van der Waals surface area contributed by atoms with Crippen LogP contribution < -0.4 is 30.7 Å². The Morgan fingerprint density at radius 1 is 1.02 bits per heavy atom. The zero-order valence-electron chi connectivity index (χ0n) is 31.4. The lowest BCUT2D eigenvalue weighted by Crippen LogP contribution is -2.58. The number of hydrogen-bond acceptors (Lipinski definition) is 8. The van der Waals surface area contributed by atoms with Gasteiger partial charge in [0.25, 0.3) is 5.91 Å². The van der Waals surface area contributed by atoms with Gasteiger partial charge in [-0.15, -0.1) is 0 Å². The van der Waals surface area contributed by atoms with E-state index in [0.717, 1.165) is 12.8 Å². The molecule has 0 saturated heterocycles. The number of hydrogen-bond donors (Lipinski definition) is 4. The van der Waals surface area contributed by atoms with E-state index in [0.29, 0.717) is 35.6 Å². The summed E-state index contributed by atoms with van der Waals surface area (Å²) in [6.45, 7) is 6.09. The van der Waals surface area contributed by atoms with E-state index in [4.69, 9.17) is 21.1 Å². The average Bonchev–Trinajstić information content (AvgIpc) is 3.89. The topological polar surface area (TPSA) is 173 Å². The molecule has 2 bridgehead atoms. The molecule has 0 radical (unpaired) electrons. The van der Waals surface area contributed by atoms with Crippen molar-refractivity contribution in [3.63, 3.8) is 0 Å². The third-order valence-corrected chi connectivity index (χ3v) is 9.62. The van der Waals surface area contributed by atoms with Gasteiger partial charge in [-0.2, -0.15) is 5.10 Å². The second-order valence-corrected chi connectivity index (χ2v) is 15.0. The predicted octanol–water partition coefficient (Wildman–Crippen LogP) is 2.82. The van der Waals surface area contributed by atoms with Crippen molar-refractivity contribution in [2.45, 2.75) is 77.0 Å². The number of rotatable bonds is 9. The van der Waals surface area contributed by atoms with E-state index in [2.05, 4.69) is 40.2 Å². The first-order chi connectivity index (χ1) is 25.8. The molecule has 1 aromatic heterocycles. The molecule has 3 heterocycles. The predicted molar refractivity (Wildman–Crippen MR) is 202 cm³/mol. The smallest absolute Gasteiger partial charge is 0.274 e. The maximum Gasteiger partial charge on any atom is 0.274 e. The van der Waals surface area contributed by atoms with Gasteiger partial charge in [0.05, 0.1) is 24.7 Å². The number of benzene rings is 2. The molecular weight excluding hydrogens is 714 g/mol. The minimum atomic E-state index is -1.16. The Hall–Kier alpha value is -5.11. The number of halogens is 1. The van der Waals surface area contributed by atoms with Crippen molar-refractivity contribution >= 4 is 41.1 Å². The van der Waals surface area contributed by atoms with Crippen LogP contribution in [0.2, 0.25) is 5.02 Å². The fourth-order valence-corrected chi connectivity index (χ4v) is 6.63. The Bertz CT molecular complexity index is 1790. The highest BCUT2D eigenvalue weighted by Gasteiger charge is 2.34. The molecule has 4 N–H and O–H groups in total. The number of aromatic nitrogens is 2. The average molecular weight is 764 g/mol. The van der Waals surface area contributed by atoms with Crippen LogP contribution in [0.4, 0.5) is 0 Å². The molecule has 1 saturated carbocycles. The normalized spacial score (nSPS) is 21.9. The summed E-state index contributed by atoms with van der Waals surface area (Å²) < 4.78 is 12.8. The van der Waals surface area contributed by atoms with Crippen LogP contribution in [-0.2, 0) is 39.1 Å². The minimum absolute atomic E-state index is 0.0518. The molecule has 290 valence electrons. The van der Waals surface area contributed by atoms with Gasteiger partial charge in [-0.3, -0.25) is 28.7 Å². The van der Waals surface area contributed by atoms with E-state index >= 15 is 0 Å². The highest BCUT2D eigenvalue weighted by Crippen LogP contribution is 2.30. The monoisotopic (exact) mass is 763 g/mol. The molecule has 1 fully saturated rings. The lowest BCUT2D eigenvalue weighted by Gasteiger charge is -2.29.